The Hall–Kier alpha value is -3.73. The molecule has 10 nitrogen and oxygen atoms in total. The number of aliphatic hydroxyl groups excluding tert-OH is 1. The first-order valence-electron chi connectivity index (χ1n) is 12.7. The number of carbonyl (C=O) groups excluding carboxylic acids is 2. The number of hydrogen-bond donors (Lipinski definition) is 4. The first-order valence-corrected chi connectivity index (χ1v) is 13.1. The van der Waals surface area contributed by atoms with Crippen molar-refractivity contribution in [2.24, 2.45) is 5.92 Å². The molecule has 2 fully saturated rings. The highest BCUT2D eigenvalue weighted by Crippen LogP contribution is 2.33. The average Bonchev–Trinajstić information content (AvgIpc) is 3.78. The number of aliphatic hydroxyl groups is 1. The summed E-state index contributed by atoms with van der Waals surface area (Å²) in [6, 6.07) is 14.6. The molecule has 5 rings (SSSR count). The van der Waals surface area contributed by atoms with Crippen molar-refractivity contribution in [2.75, 3.05) is 55.3 Å². The van der Waals surface area contributed by atoms with Gasteiger partial charge < -0.3 is 26.0 Å². The van der Waals surface area contributed by atoms with Gasteiger partial charge in [0.15, 0.2) is 5.82 Å². The Morgan fingerprint density at radius 2 is 1.68 bits per heavy atom. The zero-order valence-corrected chi connectivity index (χ0v) is 21.6. The predicted molar refractivity (Wildman–Crippen MR) is 147 cm³/mol. The van der Waals surface area contributed by atoms with E-state index in [0.717, 1.165) is 31.6 Å². The molecule has 1 aliphatic carbocycles. The van der Waals surface area contributed by atoms with Gasteiger partial charge in [0.25, 0.3) is 5.91 Å². The number of para-hydroxylation sites is 2. The summed E-state index contributed by atoms with van der Waals surface area (Å²) in [7, 11) is 0. The predicted octanol–water partition coefficient (Wildman–Crippen LogP) is 3.72. The molecule has 1 saturated carbocycles. The van der Waals surface area contributed by atoms with Gasteiger partial charge in [0.1, 0.15) is 5.02 Å². The fraction of sp³-hybridized carbons (Fsp3) is 0.333. The lowest BCUT2D eigenvalue weighted by Gasteiger charge is -2.34. The molecule has 0 radical (unpaired) electrons. The topological polar surface area (TPSA) is 123 Å². The maximum atomic E-state index is 12.9. The van der Waals surface area contributed by atoms with Crippen molar-refractivity contribution in [3.63, 3.8) is 0 Å². The summed E-state index contributed by atoms with van der Waals surface area (Å²) in [5.41, 5.74) is 2.66. The number of piperazine rings is 1. The number of halogens is 1. The quantitative estimate of drug-likeness (QED) is 0.327. The zero-order valence-electron chi connectivity index (χ0n) is 20.9. The van der Waals surface area contributed by atoms with Crippen LogP contribution in [0.25, 0.3) is 0 Å². The van der Waals surface area contributed by atoms with E-state index in [2.05, 4.69) is 30.8 Å². The Labute approximate surface area is 226 Å². The number of β-amino-alcohol motifs (C(OH)–C–C–N with tert-alkyl or cyclic N) is 1. The second kappa shape index (κ2) is 11.8. The number of rotatable bonds is 9. The molecule has 198 valence electrons. The molecule has 2 aliphatic rings. The maximum Gasteiger partial charge on any atom is 0.253 e. The minimum absolute atomic E-state index is 0.0122. The van der Waals surface area contributed by atoms with Crippen LogP contribution in [0.15, 0.2) is 54.7 Å². The normalized spacial score (nSPS) is 15.7. The van der Waals surface area contributed by atoms with Crippen LogP contribution in [0.2, 0.25) is 5.02 Å². The number of hydrogen-bond acceptors (Lipinski definition) is 8. The Kier molecular flexibility index (Phi) is 8.02. The van der Waals surface area contributed by atoms with E-state index in [9.17, 15) is 9.59 Å². The van der Waals surface area contributed by atoms with Crippen molar-refractivity contribution < 1.29 is 14.7 Å². The summed E-state index contributed by atoms with van der Waals surface area (Å²) >= 11 is 6.36. The summed E-state index contributed by atoms with van der Waals surface area (Å²) in [6.45, 7) is 3.56. The van der Waals surface area contributed by atoms with Crippen LogP contribution in [0.3, 0.4) is 0 Å². The number of amides is 2. The van der Waals surface area contributed by atoms with Crippen molar-refractivity contribution in [2.45, 2.75) is 12.8 Å². The molecule has 0 unspecified atom stereocenters. The molecule has 1 aliphatic heterocycles. The first-order chi connectivity index (χ1) is 18.5. The van der Waals surface area contributed by atoms with E-state index < -0.39 is 0 Å². The van der Waals surface area contributed by atoms with Crippen molar-refractivity contribution in [3.8, 4) is 0 Å². The van der Waals surface area contributed by atoms with Crippen LogP contribution < -0.4 is 16.0 Å². The van der Waals surface area contributed by atoms with Gasteiger partial charge in [-0.1, -0.05) is 23.7 Å². The number of carbonyl (C=O) groups is 2. The molecular formula is C27H30ClN7O3. The molecule has 4 N–H and O–H groups in total. The fourth-order valence-corrected chi connectivity index (χ4v) is 4.39. The number of aromatic nitrogens is 2. The fourth-order valence-electron chi connectivity index (χ4n) is 4.25. The first kappa shape index (κ1) is 25.9. The third kappa shape index (κ3) is 6.39. The molecule has 0 atom stereocenters. The minimum Gasteiger partial charge on any atom is -0.395 e. The average molecular weight is 536 g/mol. The van der Waals surface area contributed by atoms with Gasteiger partial charge in [-0.05, 0) is 49.2 Å². The van der Waals surface area contributed by atoms with Crippen molar-refractivity contribution in [1.29, 1.82) is 0 Å². The molecular weight excluding hydrogens is 506 g/mol. The van der Waals surface area contributed by atoms with E-state index in [1.165, 1.54) is 6.20 Å². The Bertz CT molecular complexity index is 1290. The number of anilines is 5. The largest absolute Gasteiger partial charge is 0.395 e. The van der Waals surface area contributed by atoms with E-state index in [1.54, 1.807) is 12.1 Å². The highest BCUT2D eigenvalue weighted by Gasteiger charge is 2.30. The second-order valence-electron chi connectivity index (χ2n) is 9.38. The van der Waals surface area contributed by atoms with Crippen LogP contribution >= 0.6 is 11.6 Å². The lowest BCUT2D eigenvalue weighted by atomic mass is 10.1. The summed E-state index contributed by atoms with van der Waals surface area (Å²) < 4.78 is 0. The number of nitrogens with one attached hydrogen (secondary N) is 3. The molecule has 2 heterocycles. The van der Waals surface area contributed by atoms with E-state index in [1.807, 2.05) is 41.3 Å². The third-order valence-corrected chi connectivity index (χ3v) is 6.87. The van der Waals surface area contributed by atoms with Crippen LogP contribution in [0.4, 0.5) is 28.8 Å². The lowest BCUT2D eigenvalue weighted by molar-refractivity contribution is -0.117. The van der Waals surface area contributed by atoms with Crippen LogP contribution in [0, 0.1) is 5.92 Å². The van der Waals surface area contributed by atoms with Crippen molar-refractivity contribution in [1.82, 2.24) is 19.8 Å². The molecule has 0 bridgehead atoms. The van der Waals surface area contributed by atoms with Crippen LogP contribution in [0.5, 0.6) is 0 Å². The van der Waals surface area contributed by atoms with Crippen LogP contribution in [-0.2, 0) is 4.79 Å². The van der Waals surface area contributed by atoms with Gasteiger partial charge in [0, 0.05) is 49.9 Å². The monoisotopic (exact) mass is 535 g/mol. The minimum atomic E-state index is -0.0122. The SMILES string of the molecule is O=C(Nc1ccccc1Nc1nc(Nc2ccc(C(=O)N3CCN(CCO)CC3)cc2)ncc1Cl)C1CC1. The molecule has 11 heteroatoms. The molecule has 0 spiro atoms. The van der Waals surface area contributed by atoms with E-state index in [-0.39, 0.29) is 24.3 Å². The summed E-state index contributed by atoms with van der Waals surface area (Å²) in [5.74, 6) is 0.813. The summed E-state index contributed by atoms with van der Waals surface area (Å²) in [6.07, 6.45) is 3.34. The van der Waals surface area contributed by atoms with E-state index in [0.29, 0.717) is 53.4 Å². The molecule has 2 amide bonds. The zero-order chi connectivity index (χ0) is 26.5. The van der Waals surface area contributed by atoms with Gasteiger partial charge in [-0.15, -0.1) is 0 Å². The highest BCUT2D eigenvalue weighted by molar-refractivity contribution is 6.33. The molecule has 1 aromatic heterocycles. The van der Waals surface area contributed by atoms with Gasteiger partial charge in [-0.2, -0.15) is 4.98 Å². The van der Waals surface area contributed by atoms with Gasteiger partial charge in [0.2, 0.25) is 11.9 Å². The van der Waals surface area contributed by atoms with Gasteiger partial charge in [0.05, 0.1) is 24.2 Å². The van der Waals surface area contributed by atoms with Crippen LogP contribution in [0.1, 0.15) is 23.2 Å². The third-order valence-electron chi connectivity index (χ3n) is 6.59. The lowest BCUT2D eigenvalue weighted by Crippen LogP contribution is -2.49. The van der Waals surface area contributed by atoms with Crippen LogP contribution in [-0.4, -0.2) is 76.0 Å². The Balaban J connectivity index is 1.23. The van der Waals surface area contributed by atoms with E-state index in [4.69, 9.17) is 16.7 Å². The molecule has 2 aromatic carbocycles. The summed E-state index contributed by atoms with van der Waals surface area (Å²) in [5, 5.41) is 18.7. The highest BCUT2D eigenvalue weighted by atomic mass is 35.5. The van der Waals surface area contributed by atoms with Gasteiger partial charge in [-0.3, -0.25) is 14.5 Å². The second-order valence-corrected chi connectivity index (χ2v) is 9.79. The van der Waals surface area contributed by atoms with Gasteiger partial charge in [-0.25, -0.2) is 4.98 Å². The maximum absolute atomic E-state index is 12.9. The molecule has 1 saturated heterocycles. The number of benzene rings is 2. The smallest absolute Gasteiger partial charge is 0.253 e. The van der Waals surface area contributed by atoms with E-state index >= 15 is 0 Å². The van der Waals surface area contributed by atoms with Crippen molar-refractivity contribution >= 4 is 52.2 Å². The van der Waals surface area contributed by atoms with Gasteiger partial charge >= 0.3 is 0 Å². The number of nitrogens with zero attached hydrogens (tertiary/aromatic N) is 4. The Morgan fingerprint density at radius 3 is 2.37 bits per heavy atom. The van der Waals surface area contributed by atoms with Crippen molar-refractivity contribution in [3.05, 3.63) is 65.3 Å². The molecule has 3 aromatic rings. The Morgan fingerprint density at radius 1 is 0.974 bits per heavy atom. The standard InChI is InChI=1S/C27H30ClN7O3/c28-21-17-29-27(33-24(21)31-22-3-1-2-4-23(22)32-25(37)18-5-6-18)30-20-9-7-19(8-10-20)26(38)35-13-11-34(12-14-35)15-16-36/h1-4,7-10,17-18,36H,5-6,11-16H2,(H,32,37)(H2,29,30,31,33). The summed E-state index contributed by atoms with van der Waals surface area (Å²) in [4.78, 5) is 37.9. The molecule has 38 heavy (non-hydrogen) atoms.